The van der Waals surface area contributed by atoms with E-state index in [9.17, 15) is 4.79 Å². The number of hydrogen-bond donors (Lipinski definition) is 1. The fourth-order valence-electron chi connectivity index (χ4n) is 0.950. The monoisotopic (exact) mass is 246 g/mol. The van der Waals surface area contributed by atoms with E-state index in [-0.39, 0.29) is 12.6 Å². The second-order valence-electron chi connectivity index (χ2n) is 4.21. The number of amides is 1. The first-order chi connectivity index (χ1) is 7.39. The molecule has 0 bridgehead atoms. The maximum absolute atomic E-state index is 11.4. The van der Waals surface area contributed by atoms with E-state index in [2.05, 4.69) is 15.3 Å². The first-order valence-corrected chi connectivity index (χ1v) is 6.27. The Morgan fingerprint density at radius 2 is 2.25 bits per heavy atom. The maximum atomic E-state index is 11.4. The first-order valence-electron chi connectivity index (χ1n) is 4.88. The van der Waals surface area contributed by atoms with E-state index in [1.807, 2.05) is 6.26 Å². The number of nitrogens with zero attached hydrogens (tertiary/aromatic N) is 3. The van der Waals surface area contributed by atoms with Gasteiger partial charge in [0, 0.05) is 23.3 Å². The van der Waals surface area contributed by atoms with Crippen molar-refractivity contribution in [2.24, 2.45) is 5.11 Å². The third kappa shape index (κ3) is 8.26. The quantitative estimate of drug-likeness (QED) is 0.459. The van der Waals surface area contributed by atoms with Gasteiger partial charge < -0.3 is 10.1 Å². The van der Waals surface area contributed by atoms with Crippen LogP contribution in [0.4, 0.5) is 4.79 Å². The Labute approximate surface area is 99.7 Å². The van der Waals surface area contributed by atoms with Gasteiger partial charge in [-0.3, -0.25) is 0 Å². The average Bonchev–Trinajstić information content (AvgIpc) is 2.11. The van der Waals surface area contributed by atoms with Gasteiger partial charge in [0.15, 0.2) is 0 Å². The van der Waals surface area contributed by atoms with Crippen LogP contribution in [-0.2, 0) is 4.74 Å². The van der Waals surface area contributed by atoms with Crippen molar-refractivity contribution in [3.05, 3.63) is 10.4 Å². The molecule has 0 spiro atoms. The molecule has 0 rings (SSSR count). The molecule has 0 aromatic heterocycles. The lowest BCUT2D eigenvalue weighted by molar-refractivity contribution is 0.0511. The lowest BCUT2D eigenvalue weighted by Gasteiger charge is -2.22. The smallest absolute Gasteiger partial charge is 0.407 e. The molecular formula is C9H18N4O2S. The van der Waals surface area contributed by atoms with Gasteiger partial charge >= 0.3 is 6.09 Å². The topological polar surface area (TPSA) is 87.1 Å². The molecule has 0 fully saturated rings. The van der Waals surface area contributed by atoms with Gasteiger partial charge in [0.2, 0.25) is 0 Å². The largest absolute Gasteiger partial charge is 0.444 e. The standard InChI is InChI=1S/C9H18N4O2S/c1-9(2,3)15-8(14)12-7(6-16-4)5-11-13-10/h7H,5-6H2,1-4H3,(H,12,14)/t7-/m0/s1. The van der Waals surface area contributed by atoms with Crippen LogP contribution in [0.15, 0.2) is 5.11 Å². The van der Waals surface area contributed by atoms with E-state index in [1.54, 1.807) is 32.5 Å². The van der Waals surface area contributed by atoms with Crippen LogP contribution in [0.1, 0.15) is 20.8 Å². The fraction of sp³-hybridized carbons (Fsp3) is 0.889. The Hall–Kier alpha value is -1.07. The highest BCUT2D eigenvalue weighted by atomic mass is 32.2. The molecule has 1 amide bonds. The molecule has 0 radical (unpaired) electrons. The minimum atomic E-state index is -0.521. The Morgan fingerprint density at radius 1 is 1.62 bits per heavy atom. The third-order valence-electron chi connectivity index (χ3n) is 1.45. The SMILES string of the molecule is CSC[C@H](CN=[N+]=[N-])NC(=O)OC(C)(C)C. The highest BCUT2D eigenvalue weighted by molar-refractivity contribution is 7.98. The van der Waals surface area contributed by atoms with Crippen molar-refractivity contribution in [2.45, 2.75) is 32.4 Å². The lowest BCUT2D eigenvalue weighted by atomic mass is 10.2. The number of carbonyl (C=O) groups is 1. The molecule has 0 saturated carbocycles. The number of carbonyl (C=O) groups excluding carboxylic acids is 1. The maximum Gasteiger partial charge on any atom is 0.407 e. The van der Waals surface area contributed by atoms with Gasteiger partial charge in [-0.2, -0.15) is 11.8 Å². The summed E-state index contributed by atoms with van der Waals surface area (Å²) in [7, 11) is 0. The Kier molecular flexibility index (Phi) is 6.76. The van der Waals surface area contributed by atoms with Crippen molar-refractivity contribution in [2.75, 3.05) is 18.6 Å². The fourth-order valence-corrected chi connectivity index (χ4v) is 1.54. The van der Waals surface area contributed by atoms with E-state index in [0.717, 1.165) is 0 Å². The van der Waals surface area contributed by atoms with Gasteiger partial charge in [-0.05, 0) is 32.6 Å². The predicted octanol–water partition coefficient (Wildman–Crippen LogP) is 2.55. The van der Waals surface area contributed by atoms with Crippen LogP contribution in [0.5, 0.6) is 0 Å². The molecule has 92 valence electrons. The molecule has 1 atom stereocenters. The summed E-state index contributed by atoms with van der Waals surface area (Å²) in [6.07, 6.45) is 1.43. The molecule has 0 unspecified atom stereocenters. The second-order valence-corrected chi connectivity index (χ2v) is 5.12. The van der Waals surface area contributed by atoms with Crippen LogP contribution in [0.3, 0.4) is 0 Å². The van der Waals surface area contributed by atoms with Gasteiger partial charge in [0.1, 0.15) is 5.60 Å². The summed E-state index contributed by atoms with van der Waals surface area (Å²) in [6, 6.07) is -0.194. The Bertz CT molecular complexity index is 271. The van der Waals surface area contributed by atoms with Crippen molar-refractivity contribution in [3.8, 4) is 0 Å². The van der Waals surface area contributed by atoms with E-state index in [4.69, 9.17) is 10.3 Å². The summed E-state index contributed by atoms with van der Waals surface area (Å²) in [5.74, 6) is 0.679. The molecule has 0 aliphatic heterocycles. The Morgan fingerprint density at radius 3 is 2.69 bits per heavy atom. The summed E-state index contributed by atoms with van der Waals surface area (Å²) in [4.78, 5) is 14.1. The number of azide groups is 1. The minimum Gasteiger partial charge on any atom is -0.444 e. The molecule has 0 aromatic rings. The summed E-state index contributed by atoms with van der Waals surface area (Å²) in [6.45, 7) is 5.62. The van der Waals surface area contributed by atoms with Crippen molar-refractivity contribution in [1.82, 2.24) is 5.32 Å². The number of nitrogens with one attached hydrogen (secondary N) is 1. The second kappa shape index (κ2) is 7.24. The van der Waals surface area contributed by atoms with Gasteiger partial charge in [0.05, 0.1) is 0 Å². The third-order valence-corrected chi connectivity index (χ3v) is 2.19. The summed E-state index contributed by atoms with van der Waals surface area (Å²) in [5, 5.41) is 6.10. The molecule has 0 aromatic carbocycles. The lowest BCUT2D eigenvalue weighted by Crippen LogP contribution is -2.41. The van der Waals surface area contributed by atoms with Gasteiger partial charge in [-0.25, -0.2) is 4.79 Å². The van der Waals surface area contributed by atoms with E-state index in [0.29, 0.717) is 5.75 Å². The highest BCUT2D eigenvalue weighted by Gasteiger charge is 2.18. The zero-order valence-electron chi connectivity index (χ0n) is 10.1. The molecular weight excluding hydrogens is 228 g/mol. The van der Waals surface area contributed by atoms with Crippen LogP contribution in [0, 0.1) is 0 Å². The van der Waals surface area contributed by atoms with Crippen molar-refractivity contribution in [3.63, 3.8) is 0 Å². The van der Waals surface area contributed by atoms with Crippen LogP contribution in [-0.4, -0.2) is 36.3 Å². The molecule has 6 nitrogen and oxygen atoms in total. The van der Waals surface area contributed by atoms with E-state index >= 15 is 0 Å². The average molecular weight is 246 g/mol. The summed E-state index contributed by atoms with van der Waals surface area (Å²) in [5.41, 5.74) is 7.69. The first kappa shape index (κ1) is 14.9. The number of hydrogen-bond acceptors (Lipinski definition) is 4. The van der Waals surface area contributed by atoms with Crippen LogP contribution in [0.25, 0.3) is 10.4 Å². The normalized spacial score (nSPS) is 12.5. The molecule has 16 heavy (non-hydrogen) atoms. The van der Waals surface area contributed by atoms with Crippen LogP contribution in [0.2, 0.25) is 0 Å². The highest BCUT2D eigenvalue weighted by Crippen LogP contribution is 2.07. The van der Waals surface area contributed by atoms with E-state index in [1.165, 1.54) is 0 Å². The molecule has 0 aliphatic carbocycles. The zero-order chi connectivity index (χ0) is 12.6. The number of rotatable bonds is 5. The number of ether oxygens (including phenoxy) is 1. The van der Waals surface area contributed by atoms with Gasteiger partial charge in [-0.15, -0.1) is 0 Å². The predicted molar refractivity (Wildman–Crippen MR) is 65.6 cm³/mol. The zero-order valence-corrected chi connectivity index (χ0v) is 10.9. The molecule has 0 aliphatic rings. The van der Waals surface area contributed by atoms with Gasteiger partial charge in [-0.1, -0.05) is 5.11 Å². The van der Waals surface area contributed by atoms with Crippen LogP contribution >= 0.6 is 11.8 Å². The number of thioether (sulfide) groups is 1. The minimum absolute atomic E-state index is 0.194. The van der Waals surface area contributed by atoms with Crippen molar-refractivity contribution < 1.29 is 9.53 Å². The van der Waals surface area contributed by atoms with Crippen molar-refractivity contribution >= 4 is 17.9 Å². The molecule has 1 N–H and O–H groups in total. The van der Waals surface area contributed by atoms with Gasteiger partial charge in [0.25, 0.3) is 0 Å². The molecule has 0 saturated heterocycles. The van der Waals surface area contributed by atoms with E-state index < -0.39 is 11.7 Å². The number of alkyl carbamates (subject to hydrolysis) is 1. The summed E-state index contributed by atoms with van der Waals surface area (Å²) < 4.78 is 5.10. The summed E-state index contributed by atoms with van der Waals surface area (Å²) >= 11 is 1.57. The Balaban J connectivity index is 4.17. The van der Waals surface area contributed by atoms with Crippen LogP contribution < -0.4 is 5.32 Å². The van der Waals surface area contributed by atoms with Crippen molar-refractivity contribution in [1.29, 1.82) is 0 Å². The molecule has 0 heterocycles. The molecule has 7 heteroatoms.